The maximum absolute atomic E-state index is 11.6. The van der Waals surface area contributed by atoms with E-state index >= 15 is 0 Å². The van der Waals surface area contributed by atoms with Crippen molar-refractivity contribution in [2.75, 3.05) is 0 Å². The molecule has 0 saturated heterocycles. The van der Waals surface area contributed by atoms with Gasteiger partial charge in [0, 0.05) is 11.3 Å². The van der Waals surface area contributed by atoms with E-state index in [9.17, 15) is 4.79 Å². The Morgan fingerprint density at radius 3 is 2.88 bits per heavy atom. The second-order valence-corrected chi connectivity index (χ2v) is 5.52. The van der Waals surface area contributed by atoms with Crippen molar-refractivity contribution in [3.63, 3.8) is 0 Å². The Bertz CT molecular complexity index is 492. The zero-order chi connectivity index (χ0) is 12.3. The smallest absolute Gasteiger partial charge is 0.271 e. The van der Waals surface area contributed by atoms with Crippen molar-refractivity contribution in [1.29, 1.82) is 0 Å². The van der Waals surface area contributed by atoms with Crippen LogP contribution in [0, 0.1) is 0 Å². The van der Waals surface area contributed by atoms with Crippen LogP contribution in [0.3, 0.4) is 0 Å². The van der Waals surface area contributed by atoms with Crippen LogP contribution in [0.1, 0.15) is 40.3 Å². The maximum atomic E-state index is 11.6. The molecule has 0 aliphatic carbocycles. The average molecular weight is 268 g/mol. The van der Waals surface area contributed by atoms with Crippen LogP contribution in [0.4, 0.5) is 0 Å². The maximum Gasteiger partial charge on any atom is 0.271 e. The van der Waals surface area contributed by atoms with Gasteiger partial charge in [-0.3, -0.25) is 4.79 Å². The van der Waals surface area contributed by atoms with Gasteiger partial charge in [0.2, 0.25) is 0 Å². The van der Waals surface area contributed by atoms with Gasteiger partial charge in [-0.25, -0.2) is 0 Å². The SMILES string of the molecule is CC(C)c1nnc(CNC(=O)c2ccsn2)s1. The van der Waals surface area contributed by atoms with Crippen LogP contribution in [0.15, 0.2) is 11.4 Å². The van der Waals surface area contributed by atoms with Gasteiger partial charge in [0.05, 0.1) is 6.54 Å². The normalized spacial score (nSPS) is 10.8. The van der Waals surface area contributed by atoms with Gasteiger partial charge in [-0.15, -0.1) is 10.2 Å². The lowest BCUT2D eigenvalue weighted by molar-refractivity contribution is 0.0947. The summed E-state index contributed by atoms with van der Waals surface area (Å²) >= 11 is 2.79. The molecule has 5 nitrogen and oxygen atoms in total. The molecule has 0 aromatic carbocycles. The monoisotopic (exact) mass is 268 g/mol. The molecule has 0 fully saturated rings. The number of amides is 1. The summed E-state index contributed by atoms with van der Waals surface area (Å²) in [7, 11) is 0. The summed E-state index contributed by atoms with van der Waals surface area (Å²) in [5.74, 6) is 0.197. The molecular weight excluding hydrogens is 256 g/mol. The van der Waals surface area contributed by atoms with Crippen LogP contribution in [0.2, 0.25) is 0 Å². The number of carbonyl (C=O) groups excluding carboxylic acids is 1. The Morgan fingerprint density at radius 2 is 2.29 bits per heavy atom. The van der Waals surface area contributed by atoms with Gasteiger partial charge in [-0.1, -0.05) is 25.2 Å². The number of aromatic nitrogens is 3. The van der Waals surface area contributed by atoms with Crippen LogP contribution in [-0.4, -0.2) is 20.5 Å². The van der Waals surface area contributed by atoms with E-state index in [1.54, 1.807) is 11.4 Å². The van der Waals surface area contributed by atoms with Gasteiger partial charge in [-0.2, -0.15) is 4.37 Å². The highest BCUT2D eigenvalue weighted by Gasteiger charge is 2.10. The van der Waals surface area contributed by atoms with Gasteiger partial charge in [0.25, 0.3) is 5.91 Å². The van der Waals surface area contributed by atoms with Crippen molar-refractivity contribution in [2.45, 2.75) is 26.3 Å². The molecule has 2 aromatic rings. The van der Waals surface area contributed by atoms with Gasteiger partial charge >= 0.3 is 0 Å². The molecule has 0 bridgehead atoms. The summed E-state index contributed by atoms with van der Waals surface area (Å²) in [6, 6.07) is 1.69. The van der Waals surface area contributed by atoms with Crippen LogP contribution < -0.4 is 5.32 Å². The van der Waals surface area contributed by atoms with E-state index in [4.69, 9.17) is 0 Å². The van der Waals surface area contributed by atoms with Gasteiger partial charge in [-0.05, 0) is 17.6 Å². The molecule has 0 atom stereocenters. The first kappa shape index (κ1) is 12.1. The predicted octanol–water partition coefficient (Wildman–Crippen LogP) is 2.05. The first-order valence-corrected chi connectivity index (χ1v) is 6.83. The van der Waals surface area contributed by atoms with E-state index in [2.05, 4.69) is 33.7 Å². The van der Waals surface area contributed by atoms with E-state index < -0.39 is 0 Å². The molecule has 1 amide bonds. The number of nitrogens with zero attached hydrogens (tertiary/aromatic N) is 3. The van der Waals surface area contributed by atoms with Crippen molar-refractivity contribution < 1.29 is 4.79 Å². The van der Waals surface area contributed by atoms with Crippen molar-refractivity contribution in [2.24, 2.45) is 0 Å². The standard InChI is InChI=1S/C10H12N4OS2/c1-6(2)10-13-12-8(17-10)5-11-9(15)7-3-4-16-14-7/h3-4,6H,5H2,1-2H3,(H,11,15). The molecule has 7 heteroatoms. The lowest BCUT2D eigenvalue weighted by atomic mass is 10.2. The Morgan fingerprint density at radius 1 is 1.47 bits per heavy atom. The molecule has 17 heavy (non-hydrogen) atoms. The quantitative estimate of drug-likeness (QED) is 0.921. The molecule has 0 unspecified atom stereocenters. The number of rotatable bonds is 4. The summed E-state index contributed by atoms with van der Waals surface area (Å²) in [5, 5.41) is 14.4. The zero-order valence-electron chi connectivity index (χ0n) is 9.51. The third-order valence-corrected chi connectivity index (χ3v) is 3.83. The first-order valence-electron chi connectivity index (χ1n) is 5.17. The zero-order valence-corrected chi connectivity index (χ0v) is 11.1. The molecule has 90 valence electrons. The minimum absolute atomic E-state index is 0.174. The van der Waals surface area contributed by atoms with Crippen LogP contribution in [0.25, 0.3) is 0 Å². The number of carbonyl (C=O) groups is 1. The highest BCUT2D eigenvalue weighted by atomic mass is 32.1. The average Bonchev–Trinajstić information content (AvgIpc) is 2.97. The van der Waals surface area contributed by atoms with Gasteiger partial charge in [0.15, 0.2) is 0 Å². The molecule has 1 N–H and O–H groups in total. The second kappa shape index (κ2) is 5.33. The van der Waals surface area contributed by atoms with E-state index in [1.165, 1.54) is 22.9 Å². The van der Waals surface area contributed by atoms with E-state index in [0.717, 1.165) is 10.0 Å². The molecule has 2 heterocycles. The molecule has 0 aliphatic heterocycles. The van der Waals surface area contributed by atoms with Crippen molar-refractivity contribution >= 4 is 28.8 Å². The van der Waals surface area contributed by atoms with Crippen LogP contribution in [0.5, 0.6) is 0 Å². The van der Waals surface area contributed by atoms with Crippen molar-refractivity contribution in [1.82, 2.24) is 19.9 Å². The lowest BCUT2D eigenvalue weighted by Gasteiger charge is -1.98. The van der Waals surface area contributed by atoms with Gasteiger partial charge < -0.3 is 5.32 Å². The van der Waals surface area contributed by atoms with Crippen molar-refractivity contribution in [3.05, 3.63) is 27.2 Å². The fraction of sp³-hybridized carbons (Fsp3) is 0.400. The third kappa shape index (κ3) is 3.07. The molecule has 0 spiro atoms. The molecule has 2 aromatic heterocycles. The van der Waals surface area contributed by atoms with Crippen LogP contribution in [-0.2, 0) is 6.54 Å². The van der Waals surface area contributed by atoms with E-state index in [1.807, 2.05) is 0 Å². The third-order valence-electron chi connectivity index (χ3n) is 2.05. The second-order valence-electron chi connectivity index (χ2n) is 3.76. The topological polar surface area (TPSA) is 67.8 Å². The molecule has 0 radical (unpaired) electrons. The molecule has 0 saturated carbocycles. The van der Waals surface area contributed by atoms with Gasteiger partial charge in [0.1, 0.15) is 15.7 Å². The minimum Gasteiger partial charge on any atom is -0.344 e. The van der Waals surface area contributed by atoms with Crippen molar-refractivity contribution in [3.8, 4) is 0 Å². The summed E-state index contributed by atoms with van der Waals surface area (Å²) in [4.78, 5) is 11.6. The number of hydrogen-bond acceptors (Lipinski definition) is 6. The largest absolute Gasteiger partial charge is 0.344 e. The molecular formula is C10H12N4OS2. The summed E-state index contributed by atoms with van der Waals surface area (Å²) in [5.41, 5.74) is 0.448. The fourth-order valence-corrected chi connectivity index (χ4v) is 2.44. The lowest BCUT2D eigenvalue weighted by Crippen LogP contribution is -2.22. The minimum atomic E-state index is -0.174. The number of nitrogens with one attached hydrogen (secondary N) is 1. The highest BCUT2D eigenvalue weighted by molar-refractivity contribution is 7.11. The van der Waals surface area contributed by atoms with E-state index in [-0.39, 0.29) is 5.91 Å². The summed E-state index contributed by atoms with van der Waals surface area (Å²) < 4.78 is 3.96. The predicted molar refractivity (Wildman–Crippen MR) is 67.3 cm³/mol. The Hall–Kier alpha value is -1.34. The number of hydrogen-bond donors (Lipinski definition) is 1. The molecule has 0 aliphatic rings. The Kier molecular flexibility index (Phi) is 3.80. The summed E-state index contributed by atoms with van der Waals surface area (Å²) in [6.07, 6.45) is 0. The van der Waals surface area contributed by atoms with E-state index in [0.29, 0.717) is 18.2 Å². The molecule has 2 rings (SSSR count). The van der Waals surface area contributed by atoms with Crippen LogP contribution >= 0.6 is 22.9 Å². The highest BCUT2D eigenvalue weighted by Crippen LogP contribution is 2.18. The Labute approximate surface area is 107 Å². The summed E-state index contributed by atoms with van der Waals surface area (Å²) in [6.45, 7) is 4.54. The Balaban J connectivity index is 1.91. The first-order chi connectivity index (χ1) is 8.16. The fourth-order valence-electron chi connectivity index (χ4n) is 1.15.